The number of ether oxygens (including phenoxy) is 4. The summed E-state index contributed by atoms with van der Waals surface area (Å²) in [5.74, 6) is 0.00915. The van der Waals surface area contributed by atoms with Crippen LogP contribution in [0.2, 0.25) is 0 Å². The molecular formula is C22H28N2O8S. The highest BCUT2D eigenvalue weighted by Crippen LogP contribution is 2.30. The fourth-order valence-electron chi connectivity index (χ4n) is 2.69. The van der Waals surface area contributed by atoms with Gasteiger partial charge < -0.3 is 24.3 Å². The first-order valence-corrected chi connectivity index (χ1v) is 11.7. The van der Waals surface area contributed by atoms with Crippen LogP contribution >= 0.6 is 0 Å². The number of carbonyl (C=O) groups excluding carboxylic acids is 2. The van der Waals surface area contributed by atoms with Crippen molar-refractivity contribution in [2.45, 2.75) is 31.7 Å². The quantitative estimate of drug-likeness (QED) is 0.443. The summed E-state index contributed by atoms with van der Waals surface area (Å²) in [7, 11) is -2.51. The van der Waals surface area contributed by atoms with E-state index in [4.69, 9.17) is 18.9 Å². The third-order valence-electron chi connectivity index (χ3n) is 4.23. The predicted octanol–water partition coefficient (Wildman–Crippen LogP) is 2.34. The molecule has 11 heteroatoms. The van der Waals surface area contributed by atoms with Crippen molar-refractivity contribution >= 4 is 27.6 Å². The molecule has 2 aromatic carbocycles. The first-order valence-electron chi connectivity index (χ1n) is 10.2. The van der Waals surface area contributed by atoms with Gasteiger partial charge in [0.1, 0.15) is 11.8 Å². The highest BCUT2D eigenvalue weighted by Gasteiger charge is 2.24. The van der Waals surface area contributed by atoms with Gasteiger partial charge in [0.05, 0.1) is 25.2 Å². The van der Waals surface area contributed by atoms with Gasteiger partial charge in [-0.15, -0.1) is 0 Å². The van der Waals surface area contributed by atoms with E-state index in [0.29, 0.717) is 36.1 Å². The van der Waals surface area contributed by atoms with Gasteiger partial charge >= 0.3 is 5.97 Å². The van der Waals surface area contributed by atoms with Crippen LogP contribution in [0.1, 0.15) is 20.8 Å². The zero-order valence-electron chi connectivity index (χ0n) is 18.9. The SMILES string of the molecule is CCOc1ccc(NC(=O)COC(=O)C(C)NS(=O)(=O)c2ccc(OC)cc2)cc1OCC. The Bertz CT molecular complexity index is 1050. The van der Waals surface area contributed by atoms with Gasteiger partial charge in [-0.2, -0.15) is 4.72 Å². The topological polar surface area (TPSA) is 129 Å². The second-order valence-corrected chi connectivity index (χ2v) is 8.42. The van der Waals surface area contributed by atoms with Gasteiger partial charge in [-0.3, -0.25) is 9.59 Å². The Labute approximate surface area is 193 Å². The van der Waals surface area contributed by atoms with Crippen molar-refractivity contribution in [3.05, 3.63) is 42.5 Å². The summed E-state index contributed by atoms with van der Waals surface area (Å²) in [6.07, 6.45) is 0. The number of carbonyl (C=O) groups is 2. The third-order valence-corrected chi connectivity index (χ3v) is 5.78. The maximum atomic E-state index is 12.4. The number of nitrogens with one attached hydrogen (secondary N) is 2. The average Bonchev–Trinajstić information content (AvgIpc) is 2.79. The molecule has 0 saturated carbocycles. The van der Waals surface area contributed by atoms with Crippen LogP contribution < -0.4 is 24.2 Å². The van der Waals surface area contributed by atoms with Crippen molar-refractivity contribution in [1.82, 2.24) is 4.72 Å². The Morgan fingerprint density at radius 2 is 1.61 bits per heavy atom. The summed E-state index contributed by atoms with van der Waals surface area (Å²) in [6.45, 7) is 5.27. The molecule has 1 amide bonds. The fraction of sp³-hybridized carbons (Fsp3) is 0.364. The summed E-state index contributed by atoms with van der Waals surface area (Å²) >= 11 is 0. The number of rotatable bonds is 12. The number of amides is 1. The molecule has 0 aliphatic carbocycles. The maximum absolute atomic E-state index is 12.4. The van der Waals surface area contributed by atoms with Crippen molar-refractivity contribution in [3.8, 4) is 17.2 Å². The largest absolute Gasteiger partial charge is 0.497 e. The monoisotopic (exact) mass is 480 g/mol. The molecule has 0 radical (unpaired) electrons. The molecule has 0 aliphatic rings. The van der Waals surface area contributed by atoms with Crippen molar-refractivity contribution in [2.24, 2.45) is 0 Å². The molecule has 10 nitrogen and oxygen atoms in total. The number of methoxy groups -OCH3 is 1. The maximum Gasteiger partial charge on any atom is 0.324 e. The van der Waals surface area contributed by atoms with Crippen LogP contribution in [-0.4, -0.2) is 53.3 Å². The van der Waals surface area contributed by atoms with E-state index >= 15 is 0 Å². The van der Waals surface area contributed by atoms with E-state index in [9.17, 15) is 18.0 Å². The van der Waals surface area contributed by atoms with E-state index in [1.54, 1.807) is 18.2 Å². The zero-order chi connectivity index (χ0) is 24.4. The zero-order valence-corrected chi connectivity index (χ0v) is 19.7. The highest BCUT2D eigenvalue weighted by atomic mass is 32.2. The summed E-state index contributed by atoms with van der Waals surface area (Å²) in [6, 6.07) is 9.34. The molecule has 0 fully saturated rings. The third kappa shape index (κ3) is 7.65. The first-order chi connectivity index (χ1) is 15.7. The molecule has 0 spiro atoms. The number of sulfonamides is 1. The van der Waals surface area contributed by atoms with Gasteiger partial charge in [0.2, 0.25) is 10.0 Å². The number of esters is 1. The van der Waals surface area contributed by atoms with Crippen molar-refractivity contribution in [2.75, 3.05) is 32.2 Å². The Morgan fingerprint density at radius 1 is 0.970 bits per heavy atom. The molecule has 0 heterocycles. The summed E-state index contributed by atoms with van der Waals surface area (Å²) in [4.78, 5) is 24.3. The van der Waals surface area contributed by atoms with E-state index in [1.165, 1.54) is 38.3 Å². The molecule has 0 aromatic heterocycles. The molecule has 1 unspecified atom stereocenters. The second-order valence-electron chi connectivity index (χ2n) is 6.70. The average molecular weight is 481 g/mol. The van der Waals surface area contributed by atoms with Crippen LogP contribution in [0, 0.1) is 0 Å². The Hall–Kier alpha value is -3.31. The minimum atomic E-state index is -3.97. The van der Waals surface area contributed by atoms with Crippen LogP contribution in [-0.2, 0) is 24.3 Å². The second kappa shape index (κ2) is 12.1. The van der Waals surface area contributed by atoms with Gasteiger partial charge in [-0.05, 0) is 57.2 Å². The van der Waals surface area contributed by atoms with Gasteiger partial charge in [0.25, 0.3) is 5.91 Å². The predicted molar refractivity (Wildman–Crippen MR) is 121 cm³/mol. The standard InChI is InChI=1S/C22H28N2O8S/c1-5-30-19-12-7-16(13-20(19)31-6-2)23-21(25)14-32-22(26)15(3)24-33(27,28)18-10-8-17(29-4)9-11-18/h7-13,15,24H,5-6,14H2,1-4H3,(H,23,25). The number of benzene rings is 2. The van der Waals surface area contributed by atoms with Crippen LogP contribution in [0.3, 0.4) is 0 Å². The number of anilines is 1. The molecule has 2 N–H and O–H groups in total. The molecule has 33 heavy (non-hydrogen) atoms. The van der Waals surface area contributed by atoms with Crippen LogP contribution in [0.25, 0.3) is 0 Å². The van der Waals surface area contributed by atoms with E-state index in [2.05, 4.69) is 10.0 Å². The fourth-order valence-corrected chi connectivity index (χ4v) is 3.88. The molecule has 180 valence electrons. The lowest BCUT2D eigenvalue weighted by Gasteiger charge is -2.15. The summed E-state index contributed by atoms with van der Waals surface area (Å²) < 4.78 is 48.0. The molecule has 0 saturated heterocycles. The smallest absolute Gasteiger partial charge is 0.324 e. The van der Waals surface area contributed by atoms with Crippen molar-refractivity contribution in [1.29, 1.82) is 0 Å². The lowest BCUT2D eigenvalue weighted by Crippen LogP contribution is -2.40. The van der Waals surface area contributed by atoms with Gasteiger partial charge in [0.15, 0.2) is 18.1 Å². The molecule has 0 aliphatic heterocycles. The minimum Gasteiger partial charge on any atom is -0.497 e. The number of hydrogen-bond acceptors (Lipinski definition) is 8. The van der Waals surface area contributed by atoms with Crippen molar-refractivity contribution < 1.29 is 37.0 Å². The van der Waals surface area contributed by atoms with Crippen LogP contribution in [0.15, 0.2) is 47.4 Å². The molecule has 1 atom stereocenters. The Balaban J connectivity index is 1.91. The minimum absolute atomic E-state index is 0.0405. The Morgan fingerprint density at radius 3 is 2.21 bits per heavy atom. The van der Waals surface area contributed by atoms with E-state index in [-0.39, 0.29) is 4.90 Å². The van der Waals surface area contributed by atoms with E-state index < -0.39 is 34.5 Å². The molecule has 2 rings (SSSR count). The van der Waals surface area contributed by atoms with Crippen molar-refractivity contribution in [3.63, 3.8) is 0 Å². The lowest BCUT2D eigenvalue weighted by molar-refractivity contribution is -0.148. The molecule has 2 aromatic rings. The van der Waals surface area contributed by atoms with Gasteiger partial charge in [-0.25, -0.2) is 8.42 Å². The lowest BCUT2D eigenvalue weighted by atomic mass is 10.2. The molecule has 0 bridgehead atoms. The first kappa shape index (κ1) is 25.9. The molecular weight excluding hydrogens is 452 g/mol. The van der Waals surface area contributed by atoms with Gasteiger partial charge in [-0.1, -0.05) is 0 Å². The van der Waals surface area contributed by atoms with Gasteiger partial charge in [0, 0.05) is 11.8 Å². The Kier molecular flexibility index (Phi) is 9.49. The van der Waals surface area contributed by atoms with Crippen LogP contribution in [0.5, 0.6) is 17.2 Å². The normalized spacial score (nSPS) is 11.9. The van der Waals surface area contributed by atoms with Crippen LogP contribution in [0.4, 0.5) is 5.69 Å². The van der Waals surface area contributed by atoms with E-state index in [1.807, 2.05) is 13.8 Å². The summed E-state index contributed by atoms with van der Waals surface area (Å²) in [5.41, 5.74) is 0.427. The van der Waals surface area contributed by atoms with E-state index in [0.717, 1.165) is 0 Å². The summed E-state index contributed by atoms with van der Waals surface area (Å²) in [5, 5.41) is 2.59. The number of hydrogen-bond donors (Lipinski definition) is 2. The highest BCUT2D eigenvalue weighted by molar-refractivity contribution is 7.89.